The summed E-state index contributed by atoms with van der Waals surface area (Å²) in [7, 11) is 1.42. The molecule has 1 saturated heterocycles. The van der Waals surface area contributed by atoms with Gasteiger partial charge in [-0.3, -0.25) is 9.59 Å². The first-order chi connectivity index (χ1) is 10.6. The molecule has 1 saturated carbocycles. The van der Waals surface area contributed by atoms with Crippen LogP contribution in [0.2, 0.25) is 0 Å². The Morgan fingerprint density at radius 2 is 2.14 bits per heavy atom. The monoisotopic (exact) mass is 311 g/mol. The Balaban J connectivity index is 1.97. The largest absolute Gasteiger partial charge is 0.469 e. The van der Waals surface area contributed by atoms with Crippen LogP contribution in [-0.4, -0.2) is 37.2 Å². The van der Waals surface area contributed by atoms with Crippen molar-refractivity contribution in [3.8, 4) is 0 Å². The average Bonchev–Trinajstić information content (AvgIpc) is 2.95. The fourth-order valence-corrected chi connectivity index (χ4v) is 3.78. The van der Waals surface area contributed by atoms with Gasteiger partial charge in [-0.2, -0.15) is 0 Å². The number of methoxy groups -OCH3 is 1. The number of carbonyl (C=O) groups excluding carboxylic acids is 2. The molecule has 0 aromatic carbocycles. The van der Waals surface area contributed by atoms with Crippen molar-refractivity contribution in [2.75, 3.05) is 13.7 Å². The number of hydrogen-bond acceptors (Lipinski definition) is 4. The summed E-state index contributed by atoms with van der Waals surface area (Å²) < 4.78 is 10.9. The van der Waals surface area contributed by atoms with Crippen LogP contribution in [0.5, 0.6) is 0 Å². The highest BCUT2D eigenvalue weighted by atomic mass is 16.5. The summed E-state index contributed by atoms with van der Waals surface area (Å²) >= 11 is 0. The SMILES string of the molecule is CCCCCC(=O)NC1CC2(CCCO2)CCC1C(=O)OC. The zero-order chi connectivity index (χ0) is 16.0. The fourth-order valence-electron chi connectivity index (χ4n) is 3.78. The Bertz CT molecular complexity index is 390. The number of esters is 1. The van der Waals surface area contributed by atoms with Crippen molar-refractivity contribution in [3.05, 3.63) is 0 Å². The third-order valence-corrected chi connectivity index (χ3v) is 5.03. The normalized spacial score (nSPS) is 31.2. The van der Waals surface area contributed by atoms with E-state index in [1.807, 2.05) is 0 Å². The molecular formula is C17H29NO4. The minimum atomic E-state index is -0.241. The fraction of sp³-hybridized carbons (Fsp3) is 0.882. The Labute approximate surface area is 133 Å². The molecule has 0 aromatic rings. The summed E-state index contributed by atoms with van der Waals surface area (Å²) in [5.41, 5.74) is -0.133. The van der Waals surface area contributed by atoms with Gasteiger partial charge in [0.2, 0.25) is 5.91 Å². The molecule has 0 radical (unpaired) electrons. The first-order valence-corrected chi connectivity index (χ1v) is 8.61. The van der Waals surface area contributed by atoms with Gasteiger partial charge in [-0.1, -0.05) is 19.8 Å². The third kappa shape index (κ3) is 4.22. The highest BCUT2D eigenvalue weighted by Gasteiger charge is 2.46. The van der Waals surface area contributed by atoms with E-state index in [1.165, 1.54) is 7.11 Å². The molecule has 1 N–H and O–H groups in total. The van der Waals surface area contributed by atoms with Gasteiger partial charge in [0.25, 0.3) is 0 Å². The molecule has 2 aliphatic rings. The lowest BCUT2D eigenvalue weighted by atomic mass is 9.74. The number of unbranched alkanes of at least 4 members (excludes halogenated alkanes) is 2. The van der Waals surface area contributed by atoms with E-state index in [-0.39, 0.29) is 29.4 Å². The lowest BCUT2D eigenvalue weighted by molar-refractivity contribution is -0.151. The first-order valence-electron chi connectivity index (χ1n) is 8.61. The van der Waals surface area contributed by atoms with Crippen molar-refractivity contribution < 1.29 is 19.1 Å². The van der Waals surface area contributed by atoms with Crippen LogP contribution < -0.4 is 5.32 Å². The van der Waals surface area contributed by atoms with Crippen molar-refractivity contribution in [2.24, 2.45) is 5.92 Å². The van der Waals surface area contributed by atoms with Crippen molar-refractivity contribution >= 4 is 11.9 Å². The predicted molar refractivity (Wildman–Crippen MR) is 83.3 cm³/mol. The van der Waals surface area contributed by atoms with Gasteiger partial charge in [0.05, 0.1) is 18.6 Å². The van der Waals surface area contributed by atoms with Crippen LogP contribution >= 0.6 is 0 Å². The van der Waals surface area contributed by atoms with Crippen LogP contribution in [0.1, 0.15) is 64.7 Å². The maximum absolute atomic E-state index is 12.1. The minimum Gasteiger partial charge on any atom is -0.469 e. The van der Waals surface area contributed by atoms with E-state index in [9.17, 15) is 9.59 Å². The van der Waals surface area contributed by atoms with Crippen molar-refractivity contribution in [1.29, 1.82) is 0 Å². The topological polar surface area (TPSA) is 64.6 Å². The maximum atomic E-state index is 12.1. The number of carbonyl (C=O) groups is 2. The van der Waals surface area contributed by atoms with Crippen molar-refractivity contribution in [3.63, 3.8) is 0 Å². The number of amides is 1. The second-order valence-corrected chi connectivity index (χ2v) is 6.64. The molecule has 126 valence electrons. The zero-order valence-electron chi connectivity index (χ0n) is 13.9. The first kappa shape index (κ1) is 17.3. The molecule has 1 aliphatic heterocycles. The third-order valence-electron chi connectivity index (χ3n) is 5.03. The summed E-state index contributed by atoms with van der Waals surface area (Å²) in [5.74, 6) is -0.413. The molecule has 2 fully saturated rings. The molecule has 1 heterocycles. The predicted octanol–water partition coefficient (Wildman–Crippen LogP) is 2.57. The molecule has 5 nitrogen and oxygen atoms in total. The molecule has 1 aliphatic carbocycles. The van der Waals surface area contributed by atoms with Gasteiger partial charge in [-0.25, -0.2) is 0 Å². The van der Waals surface area contributed by atoms with Gasteiger partial charge in [0.15, 0.2) is 0 Å². The Hall–Kier alpha value is -1.10. The Kier molecular flexibility index (Phi) is 6.24. The van der Waals surface area contributed by atoms with Crippen molar-refractivity contribution in [1.82, 2.24) is 5.32 Å². The number of nitrogens with one attached hydrogen (secondary N) is 1. The summed E-state index contributed by atoms with van der Waals surface area (Å²) in [6.45, 7) is 2.91. The lowest BCUT2D eigenvalue weighted by Crippen LogP contribution is -2.52. The molecule has 1 amide bonds. The molecule has 2 rings (SSSR count). The molecule has 0 aromatic heterocycles. The van der Waals surface area contributed by atoms with Gasteiger partial charge in [-0.05, 0) is 38.5 Å². The smallest absolute Gasteiger partial charge is 0.310 e. The van der Waals surface area contributed by atoms with Crippen LogP contribution in [0.15, 0.2) is 0 Å². The molecule has 0 bridgehead atoms. The van der Waals surface area contributed by atoms with Crippen molar-refractivity contribution in [2.45, 2.75) is 76.4 Å². The van der Waals surface area contributed by atoms with Gasteiger partial charge in [-0.15, -0.1) is 0 Å². The summed E-state index contributed by atoms with van der Waals surface area (Å²) in [4.78, 5) is 24.1. The second kappa shape index (κ2) is 7.95. The molecular weight excluding hydrogens is 282 g/mol. The number of rotatable bonds is 6. The van der Waals surface area contributed by atoms with E-state index >= 15 is 0 Å². The molecule has 5 heteroatoms. The van der Waals surface area contributed by atoms with Gasteiger partial charge < -0.3 is 14.8 Å². The van der Waals surface area contributed by atoms with Crippen LogP contribution in [0.3, 0.4) is 0 Å². The molecule has 1 spiro atoms. The van der Waals surface area contributed by atoms with E-state index in [0.29, 0.717) is 6.42 Å². The van der Waals surface area contributed by atoms with Crippen LogP contribution in [0.4, 0.5) is 0 Å². The number of hydrogen-bond donors (Lipinski definition) is 1. The quantitative estimate of drug-likeness (QED) is 0.605. The van der Waals surface area contributed by atoms with Gasteiger partial charge in [0, 0.05) is 19.1 Å². The lowest BCUT2D eigenvalue weighted by Gasteiger charge is -2.41. The minimum absolute atomic E-state index is 0.0439. The highest BCUT2D eigenvalue weighted by Crippen LogP contribution is 2.42. The van der Waals surface area contributed by atoms with Crippen LogP contribution in [-0.2, 0) is 19.1 Å². The summed E-state index contributed by atoms with van der Waals surface area (Å²) in [5, 5.41) is 3.07. The number of ether oxygens (including phenoxy) is 2. The Morgan fingerprint density at radius 1 is 1.32 bits per heavy atom. The molecule has 3 unspecified atom stereocenters. The average molecular weight is 311 g/mol. The van der Waals surface area contributed by atoms with Gasteiger partial charge >= 0.3 is 5.97 Å². The maximum Gasteiger partial charge on any atom is 0.310 e. The van der Waals surface area contributed by atoms with Crippen LogP contribution in [0, 0.1) is 5.92 Å². The van der Waals surface area contributed by atoms with E-state index in [0.717, 1.165) is 58.0 Å². The molecule has 22 heavy (non-hydrogen) atoms. The molecule has 3 atom stereocenters. The van der Waals surface area contributed by atoms with E-state index in [4.69, 9.17) is 9.47 Å². The summed E-state index contributed by atoms with van der Waals surface area (Å²) in [6, 6.07) is -0.159. The Morgan fingerprint density at radius 3 is 2.77 bits per heavy atom. The second-order valence-electron chi connectivity index (χ2n) is 6.64. The summed E-state index contributed by atoms with van der Waals surface area (Å²) in [6.07, 6.45) is 8.03. The zero-order valence-corrected chi connectivity index (χ0v) is 13.9. The van der Waals surface area contributed by atoms with E-state index in [2.05, 4.69) is 12.2 Å². The van der Waals surface area contributed by atoms with E-state index < -0.39 is 0 Å². The van der Waals surface area contributed by atoms with Gasteiger partial charge in [0.1, 0.15) is 0 Å². The van der Waals surface area contributed by atoms with E-state index in [1.54, 1.807) is 0 Å². The highest BCUT2D eigenvalue weighted by molar-refractivity contribution is 5.78. The standard InChI is InChI=1S/C17H29NO4/c1-3-4-5-7-15(19)18-14-12-17(9-6-11-22-17)10-8-13(14)16(20)21-2/h13-14H,3-12H2,1-2H3,(H,18,19). The van der Waals surface area contributed by atoms with Crippen LogP contribution in [0.25, 0.3) is 0 Å².